The van der Waals surface area contributed by atoms with Crippen LogP contribution < -0.4 is 10.6 Å². The van der Waals surface area contributed by atoms with Gasteiger partial charge < -0.3 is 15.4 Å². The van der Waals surface area contributed by atoms with Gasteiger partial charge in [0.05, 0.1) is 5.60 Å². The van der Waals surface area contributed by atoms with Crippen molar-refractivity contribution < 1.29 is 9.53 Å². The highest BCUT2D eigenvalue weighted by molar-refractivity contribution is 7.99. The van der Waals surface area contributed by atoms with Gasteiger partial charge in [0.25, 0.3) is 0 Å². The molecule has 3 rings (SSSR count). The van der Waals surface area contributed by atoms with Crippen LogP contribution in [-0.4, -0.2) is 41.8 Å². The molecular weight excluding hydrogens is 284 g/mol. The van der Waals surface area contributed by atoms with Gasteiger partial charge >= 0.3 is 6.03 Å². The summed E-state index contributed by atoms with van der Waals surface area (Å²) in [5.74, 6) is 3.14. The third-order valence-corrected chi connectivity index (χ3v) is 6.26. The zero-order valence-corrected chi connectivity index (χ0v) is 13.8. The molecule has 0 unspecified atom stereocenters. The smallest absolute Gasteiger partial charge is 0.315 e. The number of urea groups is 1. The Hall–Kier alpha value is -0.420. The summed E-state index contributed by atoms with van der Waals surface area (Å²) in [7, 11) is 0. The van der Waals surface area contributed by atoms with Gasteiger partial charge in [0.1, 0.15) is 0 Å². The minimum Gasteiger partial charge on any atom is -0.374 e. The lowest BCUT2D eigenvalue weighted by atomic mass is 9.90. The summed E-state index contributed by atoms with van der Waals surface area (Å²) < 4.78 is 6.01. The van der Waals surface area contributed by atoms with E-state index in [1.807, 2.05) is 11.8 Å². The van der Waals surface area contributed by atoms with Crippen LogP contribution >= 0.6 is 11.8 Å². The number of carbonyl (C=O) groups is 1. The van der Waals surface area contributed by atoms with Crippen LogP contribution in [0.5, 0.6) is 0 Å². The van der Waals surface area contributed by atoms with Crippen LogP contribution in [0.1, 0.15) is 51.9 Å². The van der Waals surface area contributed by atoms with Crippen LogP contribution in [0.15, 0.2) is 0 Å². The van der Waals surface area contributed by atoms with E-state index in [0.29, 0.717) is 6.04 Å². The van der Waals surface area contributed by atoms with Crippen LogP contribution in [0, 0.1) is 5.92 Å². The Kier molecular flexibility index (Phi) is 4.99. The molecule has 0 aromatic rings. The molecule has 2 aliphatic heterocycles. The van der Waals surface area contributed by atoms with E-state index in [-0.39, 0.29) is 17.7 Å². The Balaban J connectivity index is 1.45. The fourth-order valence-corrected chi connectivity index (χ4v) is 4.89. The fourth-order valence-electron chi connectivity index (χ4n) is 3.51. The van der Waals surface area contributed by atoms with E-state index < -0.39 is 0 Å². The lowest BCUT2D eigenvalue weighted by Gasteiger charge is -2.38. The van der Waals surface area contributed by atoms with Gasteiger partial charge in [-0.05, 0) is 43.8 Å². The Morgan fingerprint density at radius 3 is 2.95 bits per heavy atom. The lowest BCUT2D eigenvalue weighted by Crippen LogP contribution is -2.52. The summed E-state index contributed by atoms with van der Waals surface area (Å²) in [6.07, 6.45) is 7.93. The van der Waals surface area contributed by atoms with Gasteiger partial charge in [-0.15, -0.1) is 0 Å². The Bertz CT molecular complexity index is 367. The highest BCUT2D eigenvalue weighted by atomic mass is 32.2. The normalized spacial score (nSPS) is 33.9. The summed E-state index contributed by atoms with van der Waals surface area (Å²) in [5, 5.41) is 6.36. The minimum atomic E-state index is 0.0233. The molecule has 3 fully saturated rings. The molecule has 2 amide bonds. The van der Waals surface area contributed by atoms with Gasteiger partial charge in [-0.3, -0.25) is 0 Å². The van der Waals surface area contributed by atoms with E-state index in [0.717, 1.165) is 50.4 Å². The van der Waals surface area contributed by atoms with Gasteiger partial charge in [0.2, 0.25) is 0 Å². The van der Waals surface area contributed by atoms with Crippen molar-refractivity contribution in [2.75, 3.05) is 18.1 Å². The van der Waals surface area contributed by atoms with Crippen molar-refractivity contribution in [2.45, 2.75) is 69.6 Å². The maximum Gasteiger partial charge on any atom is 0.315 e. The van der Waals surface area contributed by atoms with Crippen LogP contribution in [0.25, 0.3) is 0 Å². The van der Waals surface area contributed by atoms with Crippen molar-refractivity contribution in [2.24, 2.45) is 5.92 Å². The molecule has 5 heteroatoms. The van der Waals surface area contributed by atoms with E-state index in [1.54, 1.807) is 0 Å². The third kappa shape index (κ3) is 4.28. The number of hydrogen-bond acceptors (Lipinski definition) is 3. The molecular formula is C16H28N2O2S. The standard InChI is InChI=1S/C16H28N2O2S/c1-2-13(9-12-3-4-12)17-15(19)18-14-5-7-20-16(10-14)6-8-21-11-16/h12-14H,2-11H2,1H3,(H2,17,18,19)/t13-,14-,16-/m1/s1. The molecule has 1 aliphatic carbocycles. The molecule has 2 N–H and O–H groups in total. The number of carbonyl (C=O) groups excluding carboxylic acids is 1. The molecule has 2 heterocycles. The first kappa shape index (κ1) is 15.5. The fraction of sp³-hybridized carbons (Fsp3) is 0.938. The number of thioether (sulfide) groups is 1. The zero-order chi connectivity index (χ0) is 14.7. The Labute approximate surface area is 132 Å². The topological polar surface area (TPSA) is 50.4 Å². The van der Waals surface area contributed by atoms with Crippen molar-refractivity contribution in [1.82, 2.24) is 10.6 Å². The number of amides is 2. The predicted molar refractivity (Wildman–Crippen MR) is 86.7 cm³/mol. The van der Waals surface area contributed by atoms with Gasteiger partial charge in [-0.2, -0.15) is 11.8 Å². The number of nitrogens with one attached hydrogen (secondary N) is 2. The lowest BCUT2D eigenvalue weighted by molar-refractivity contribution is -0.0684. The second kappa shape index (κ2) is 6.78. The molecule has 1 saturated carbocycles. The summed E-state index contributed by atoms with van der Waals surface area (Å²) in [6, 6.07) is 0.638. The number of ether oxygens (including phenoxy) is 1. The predicted octanol–water partition coefficient (Wildman–Crippen LogP) is 2.92. The molecule has 0 radical (unpaired) electrons. The van der Waals surface area contributed by atoms with E-state index in [4.69, 9.17) is 4.74 Å². The molecule has 0 aromatic heterocycles. The Morgan fingerprint density at radius 1 is 1.43 bits per heavy atom. The molecule has 3 aliphatic rings. The van der Waals surface area contributed by atoms with Gasteiger partial charge in [0.15, 0.2) is 0 Å². The average molecular weight is 312 g/mol. The molecule has 3 atom stereocenters. The molecule has 0 aromatic carbocycles. The summed E-state index contributed by atoms with van der Waals surface area (Å²) >= 11 is 1.98. The minimum absolute atomic E-state index is 0.0233. The van der Waals surface area contributed by atoms with Crippen molar-refractivity contribution in [3.8, 4) is 0 Å². The van der Waals surface area contributed by atoms with Crippen molar-refractivity contribution in [1.29, 1.82) is 0 Å². The molecule has 1 spiro atoms. The van der Waals surface area contributed by atoms with E-state index >= 15 is 0 Å². The summed E-state index contributed by atoms with van der Waals surface area (Å²) in [5.41, 5.74) is 0.0407. The van der Waals surface area contributed by atoms with E-state index in [1.165, 1.54) is 18.6 Å². The SMILES string of the molecule is CC[C@H](CC1CC1)NC(=O)N[C@@H]1CCO[C@]2(CCSC2)C1. The zero-order valence-electron chi connectivity index (χ0n) is 13.0. The van der Waals surface area contributed by atoms with Gasteiger partial charge in [-0.25, -0.2) is 4.79 Å². The second-order valence-electron chi connectivity index (χ2n) is 6.93. The second-order valence-corrected chi connectivity index (χ2v) is 8.03. The quantitative estimate of drug-likeness (QED) is 0.820. The first-order chi connectivity index (χ1) is 10.2. The van der Waals surface area contributed by atoms with E-state index in [9.17, 15) is 4.79 Å². The maximum atomic E-state index is 12.2. The molecule has 2 saturated heterocycles. The van der Waals surface area contributed by atoms with Crippen LogP contribution in [-0.2, 0) is 4.74 Å². The monoisotopic (exact) mass is 312 g/mol. The number of hydrogen-bond donors (Lipinski definition) is 2. The highest BCUT2D eigenvalue weighted by Crippen LogP contribution is 2.38. The first-order valence-corrected chi connectivity index (χ1v) is 9.63. The van der Waals surface area contributed by atoms with Crippen LogP contribution in [0.3, 0.4) is 0 Å². The molecule has 21 heavy (non-hydrogen) atoms. The summed E-state index contributed by atoms with van der Waals surface area (Å²) in [6.45, 7) is 2.94. The van der Waals surface area contributed by atoms with Gasteiger partial charge in [-0.1, -0.05) is 19.8 Å². The van der Waals surface area contributed by atoms with E-state index in [2.05, 4.69) is 17.6 Å². The van der Waals surface area contributed by atoms with Crippen molar-refractivity contribution in [3.05, 3.63) is 0 Å². The molecule has 4 nitrogen and oxygen atoms in total. The largest absolute Gasteiger partial charge is 0.374 e. The number of rotatable bonds is 5. The van der Waals surface area contributed by atoms with Crippen molar-refractivity contribution >= 4 is 17.8 Å². The molecule has 120 valence electrons. The third-order valence-electron chi connectivity index (χ3n) is 5.04. The highest BCUT2D eigenvalue weighted by Gasteiger charge is 2.40. The maximum absolute atomic E-state index is 12.2. The Morgan fingerprint density at radius 2 is 2.29 bits per heavy atom. The van der Waals surface area contributed by atoms with Gasteiger partial charge in [0, 0.05) is 24.4 Å². The van der Waals surface area contributed by atoms with Crippen LogP contribution in [0.4, 0.5) is 4.79 Å². The molecule has 0 bridgehead atoms. The summed E-state index contributed by atoms with van der Waals surface area (Å²) in [4.78, 5) is 12.2. The average Bonchev–Trinajstić information content (AvgIpc) is 3.18. The first-order valence-electron chi connectivity index (χ1n) is 8.48. The van der Waals surface area contributed by atoms with Crippen LogP contribution in [0.2, 0.25) is 0 Å². The van der Waals surface area contributed by atoms with Crippen molar-refractivity contribution in [3.63, 3.8) is 0 Å².